The fraction of sp³-hybridized carbons (Fsp3) is 0.825. The number of rotatable bonds is 24. The molecular weight excluding hydrogens is 724 g/mol. The molecule has 56 heavy (non-hydrogen) atoms. The first kappa shape index (κ1) is 43.5. The molecule has 7 unspecified atom stereocenters. The van der Waals surface area contributed by atoms with Crippen LogP contribution in [0.5, 0.6) is 0 Å². The zero-order valence-corrected chi connectivity index (χ0v) is 33.4. The van der Waals surface area contributed by atoms with Crippen molar-refractivity contribution in [1.82, 2.24) is 26.2 Å². The third kappa shape index (κ3) is 10.6. The van der Waals surface area contributed by atoms with Gasteiger partial charge in [-0.1, -0.05) is 52.4 Å². The smallest absolute Gasteiger partial charge is 0.290 e. The minimum atomic E-state index is -1.23. The van der Waals surface area contributed by atoms with Gasteiger partial charge in [-0.05, 0) is 74.0 Å². The second-order valence-electron chi connectivity index (χ2n) is 16.6. The number of amides is 6. The van der Waals surface area contributed by atoms with Crippen LogP contribution in [0.15, 0.2) is 0 Å². The maximum Gasteiger partial charge on any atom is 0.290 e. The summed E-state index contributed by atoms with van der Waals surface area (Å²) < 4.78 is 16.5. The molecule has 5 aliphatic rings. The van der Waals surface area contributed by atoms with Crippen LogP contribution in [0.3, 0.4) is 0 Å². The zero-order chi connectivity index (χ0) is 40.4. The standard InChI is InChI=1S/C40H64N6O10/c1-4-6-13-30(36(41)50)43-33(48)21-42-38(52)35(49)29(10-5-2)44-37(51)31-18-26(56-23-55-17-16-54-3)22-46(31)39(53)34(24-11-8-7-9-12-24)45-32(47)19-28-27-15-14-25-20-40(25,27)28/h24-31,34H,4-23H2,1-3H3,(H2,41,50)(H,42,52)(H,43,48)(H,44,51)(H,45,47)/t25?,26-,27?,28?,29?,30?,31+,34?,40?/m1/s1. The molecule has 9 atom stereocenters. The summed E-state index contributed by atoms with van der Waals surface area (Å²) in [7, 11) is 1.56. The predicted molar refractivity (Wildman–Crippen MR) is 203 cm³/mol. The van der Waals surface area contributed by atoms with E-state index >= 15 is 0 Å². The fourth-order valence-electron chi connectivity index (χ4n) is 9.84. The Kier molecular flexibility index (Phi) is 15.7. The summed E-state index contributed by atoms with van der Waals surface area (Å²) in [5, 5.41) is 10.6. The normalized spacial score (nSPS) is 27.9. The molecule has 6 N–H and O–H groups in total. The number of nitrogens with zero attached hydrogens (tertiary/aromatic N) is 1. The summed E-state index contributed by atoms with van der Waals surface area (Å²) in [6.45, 7) is 3.82. The van der Waals surface area contributed by atoms with E-state index in [0.717, 1.165) is 44.4 Å². The van der Waals surface area contributed by atoms with Gasteiger partial charge in [0.1, 0.15) is 24.9 Å². The maximum absolute atomic E-state index is 14.6. The van der Waals surface area contributed by atoms with Crippen LogP contribution < -0.4 is 27.0 Å². The summed E-state index contributed by atoms with van der Waals surface area (Å²) in [6.07, 6.45) is 10.5. The van der Waals surface area contributed by atoms with Crippen molar-refractivity contribution in [3.63, 3.8) is 0 Å². The van der Waals surface area contributed by atoms with E-state index in [1.165, 1.54) is 24.2 Å². The number of unbranched alkanes of at least 4 members (excludes halogenated alkanes) is 1. The number of hydrogen-bond donors (Lipinski definition) is 5. The number of hydrogen-bond acceptors (Lipinski definition) is 10. The number of Topliss-reactive ketones (excluding diaryl/α,β-unsaturated/α-hetero) is 1. The second-order valence-corrected chi connectivity index (χ2v) is 16.6. The van der Waals surface area contributed by atoms with E-state index < -0.39 is 66.2 Å². The number of primary amides is 1. The lowest BCUT2D eigenvalue weighted by molar-refractivity contribution is -0.145. The van der Waals surface area contributed by atoms with Gasteiger partial charge in [0.25, 0.3) is 5.91 Å². The molecule has 6 amide bonds. The van der Waals surface area contributed by atoms with Gasteiger partial charge in [-0.2, -0.15) is 0 Å². The first-order valence-corrected chi connectivity index (χ1v) is 20.9. The molecular formula is C40H64N6O10. The van der Waals surface area contributed by atoms with E-state index in [9.17, 15) is 33.6 Å². The number of ketones is 1. The maximum atomic E-state index is 14.6. The van der Waals surface area contributed by atoms with Gasteiger partial charge in [0.05, 0.1) is 31.9 Å². The lowest BCUT2D eigenvalue weighted by atomic mass is 9.83. The van der Waals surface area contributed by atoms with Crippen LogP contribution in [-0.4, -0.2) is 117 Å². The topological polar surface area (TPSA) is 225 Å². The van der Waals surface area contributed by atoms with Crippen molar-refractivity contribution in [1.29, 1.82) is 0 Å². The Balaban J connectivity index is 1.25. The first-order chi connectivity index (χ1) is 26.9. The second kappa shape index (κ2) is 20.2. The average molecular weight is 789 g/mol. The van der Waals surface area contributed by atoms with Crippen molar-refractivity contribution in [3.05, 3.63) is 0 Å². The summed E-state index contributed by atoms with van der Waals surface area (Å²) in [5.74, 6) is -2.81. The molecule has 1 spiro atoms. The molecule has 0 aromatic rings. The molecule has 5 rings (SSSR count). The van der Waals surface area contributed by atoms with Gasteiger partial charge in [0.2, 0.25) is 35.3 Å². The summed E-state index contributed by atoms with van der Waals surface area (Å²) >= 11 is 0. The molecule has 5 fully saturated rings. The van der Waals surface area contributed by atoms with Gasteiger partial charge in [0, 0.05) is 26.5 Å². The van der Waals surface area contributed by atoms with Crippen molar-refractivity contribution >= 4 is 41.2 Å². The fourth-order valence-corrected chi connectivity index (χ4v) is 9.84. The van der Waals surface area contributed by atoms with Crippen molar-refractivity contribution in [2.75, 3.05) is 40.2 Å². The van der Waals surface area contributed by atoms with E-state index in [-0.39, 0.29) is 43.9 Å². The summed E-state index contributed by atoms with van der Waals surface area (Å²) in [4.78, 5) is 94.4. The molecule has 314 valence electrons. The Labute approximate surface area is 330 Å². The highest BCUT2D eigenvalue weighted by Crippen LogP contribution is 2.86. The van der Waals surface area contributed by atoms with Crippen molar-refractivity contribution in [2.45, 2.75) is 140 Å². The molecule has 0 bridgehead atoms. The summed E-state index contributed by atoms with van der Waals surface area (Å²) in [5.41, 5.74) is 5.77. The van der Waals surface area contributed by atoms with E-state index in [0.29, 0.717) is 56.1 Å². The Morgan fingerprint density at radius 2 is 1.64 bits per heavy atom. The van der Waals surface area contributed by atoms with Crippen molar-refractivity contribution in [3.8, 4) is 0 Å². The molecule has 4 saturated carbocycles. The van der Waals surface area contributed by atoms with E-state index in [1.807, 2.05) is 6.92 Å². The first-order valence-electron chi connectivity index (χ1n) is 20.9. The molecule has 1 heterocycles. The Bertz CT molecular complexity index is 1440. The van der Waals surface area contributed by atoms with Gasteiger partial charge in [-0.3, -0.25) is 33.6 Å². The van der Waals surface area contributed by atoms with Crippen LogP contribution in [0.25, 0.3) is 0 Å². The van der Waals surface area contributed by atoms with Crippen LogP contribution >= 0.6 is 0 Å². The highest BCUT2D eigenvalue weighted by molar-refractivity contribution is 6.38. The molecule has 4 aliphatic carbocycles. The van der Waals surface area contributed by atoms with Gasteiger partial charge < -0.3 is 46.1 Å². The van der Waals surface area contributed by atoms with E-state index in [4.69, 9.17) is 19.9 Å². The number of carbonyl (C=O) groups is 7. The lowest BCUT2D eigenvalue weighted by Crippen LogP contribution is -2.58. The molecule has 1 aliphatic heterocycles. The molecule has 0 aromatic heterocycles. The number of nitrogens with one attached hydrogen (secondary N) is 4. The van der Waals surface area contributed by atoms with Gasteiger partial charge in [-0.15, -0.1) is 0 Å². The highest BCUT2D eigenvalue weighted by Gasteiger charge is 2.80. The van der Waals surface area contributed by atoms with Crippen LogP contribution in [0.2, 0.25) is 0 Å². The Morgan fingerprint density at radius 3 is 2.29 bits per heavy atom. The number of ether oxygens (including phenoxy) is 3. The van der Waals surface area contributed by atoms with Gasteiger partial charge >= 0.3 is 0 Å². The minimum absolute atomic E-state index is 0.0751. The number of likely N-dealkylation sites (tertiary alicyclic amines) is 1. The summed E-state index contributed by atoms with van der Waals surface area (Å²) in [6, 6.07) is -3.98. The quantitative estimate of drug-likeness (QED) is 0.0535. The van der Waals surface area contributed by atoms with E-state index in [2.05, 4.69) is 21.3 Å². The van der Waals surface area contributed by atoms with Crippen molar-refractivity contribution in [2.24, 2.45) is 34.8 Å². The highest BCUT2D eigenvalue weighted by atomic mass is 16.7. The van der Waals surface area contributed by atoms with Gasteiger partial charge in [-0.25, -0.2) is 0 Å². The SMILES string of the molecule is CCCCC(NC(=O)CNC(=O)C(=O)C(CCC)NC(=O)[C@@H]1C[C@@H](OCOCCOC)CN1C(=O)C(NC(=O)CC1C2CCC3CC321)C1CCCCC1)C(N)=O. The monoisotopic (exact) mass is 788 g/mol. The third-order valence-corrected chi connectivity index (χ3v) is 12.9. The third-order valence-electron chi connectivity index (χ3n) is 12.9. The molecule has 16 nitrogen and oxygen atoms in total. The zero-order valence-electron chi connectivity index (χ0n) is 33.4. The van der Waals surface area contributed by atoms with E-state index in [1.54, 1.807) is 14.0 Å². The largest absolute Gasteiger partial charge is 0.382 e. The number of methoxy groups -OCH3 is 1. The van der Waals surface area contributed by atoms with Crippen LogP contribution in [0.4, 0.5) is 0 Å². The Hall–Kier alpha value is -3.63. The van der Waals surface area contributed by atoms with Crippen LogP contribution in [0.1, 0.15) is 110 Å². The Morgan fingerprint density at radius 1 is 0.875 bits per heavy atom. The number of nitrogens with two attached hydrogens (primary N) is 1. The van der Waals surface area contributed by atoms with Gasteiger partial charge in [0.15, 0.2) is 0 Å². The molecule has 0 aromatic carbocycles. The number of carbonyl (C=O) groups excluding carboxylic acids is 7. The predicted octanol–water partition coefficient (Wildman–Crippen LogP) is 1.22. The van der Waals surface area contributed by atoms with Crippen molar-refractivity contribution < 1.29 is 47.8 Å². The lowest BCUT2D eigenvalue weighted by Gasteiger charge is -2.35. The van der Waals surface area contributed by atoms with Crippen LogP contribution in [0, 0.1) is 29.1 Å². The minimum Gasteiger partial charge on any atom is -0.382 e. The molecule has 1 saturated heterocycles. The van der Waals surface area contributed by atoms with Crippen LogP contribution in [-0.2, 0) is 47.8 Å². The average Bonchev–Trinajstić information content (AvgIpc) is 3.92. The molecule has 16 heteroatoms. The molecule has 0 radical (unpaired) electrons.